The van der Waals surface area contributed by atoms with E-state index in [4.69, 9.17) is 9.47 Å². The number of amides is 1. The quantitative estimate of drug-likeness (QED) is 0.608. The smallest absolute Gasteiger partial charge is 0.254 e. The van der Waals surface area contributed by atoms with E-state index in [1.165, 1.54) is 0 Å². The van der Waals surface area contributed by atoms with E-state index >= 15 is 0 Å². The fourth-order valence-corrected chi connectivity index (χ4v) is 2.99. The summed E-state index contributed by atoms with van der Waals surface area (Å²) in [5.74, 6) is 1.20. The highest BCUT2D eigenvalue weighted by molar-refractivity contribution is 5.94. The molecule has 0 aliphatic heterocycles. The molecular weight excluding hydrogens is 342 g/mol. The summed E-state index contributed by atoms with van der Waals surface area (Å²) in [5, 5.41) is 0. The van der Waals surface area contributed by atoms with Crippen LogP contribution in [0.5, 0.6) is 11.5 Å². The van der Waals surface area contributed by atoms with Gasteiger partial charge in [0, 0.05) is 18.3 Å². The van der Waals surface area contributed by atoms with Crippen LogP contribution >= 0.6 is 0 Å². The number of ether oxygens (including phenoxy) is 2. The lowest BCUT2D eigenvalue weighted by atomic mass is 10.1. The number of benzene rings is 1. The summed E-state index contributed by atoms with van der Waals surface area (Å²) >= 11 is 0. The third-order valence-corrected chi connectivity index (χ3v) is 4.31. The molecule has 2 aromatic heterocycles. The molecule has 0 atom stereocenters. The van der Waals surface area contributed by atoms with Gasteiger partial charge in [-0.1, -0.05) is 6.07 Å². The van der Waals surface area contributed by atoms with E-state index in [-0.39, 0.29) is 5.91 Å². The predicted octanol–water partition coefficient (Wildman–Crippen LogP) is 3.79. The maximum Gasteiger partial charge on any atom is 0.254 e. The van der Waals surface area contributed by atoms with E-state index in [2.05, 4.69) is 4.98 Å². The number of nitrogens with zero attached hydrogens (tertiary/aromatic N) is 3. The Morgan fingerprint density at radius 2 is 1.85 bits per heavy atom. The monoisotopic (exact) mass is 367 g/mol. The molecule has 0 bridgehead atoms. The molecule has 3 rings (SSSR count). The van der Waals surface area contributed by atoms with Crippen molar-refractivity contribution in [3.05, 3.63) is 60.0 Å². The molecule has 0 saturated heterocycles. The van der Waals surface area contributed by atoms with Gasteiger partial charge in [0.05, 0.1) is 31.6 Å². The molecule has 1 amide bonds. The number of hydrogen-bond donors (Lipinski definition) is 0. The zero-order chi connectivity index (χ0) is 19.2. The Balaban J connectivity index is 1.85. The van der Waals surface area contributed by atoms with Crippen molar-refractivity contribution in [1.29, 1.82) is 0 Å². The predicted molar refractivity (Wildman–Crippen MR) is 104 cm³/mol. The van der Waals surface area contributed by atoms with Crippen LogP contribution in [0, 0.1) is 0 Å². The van der Waals surface area contributed by atoms with Gasteiger partial charge in [0.15, 0.2) is 11.5 Å². The summed E-state index contributed by atoms with van der Waals surface area (Å²) in [6.07, 6.45) is 3.77. The maximum atomic E-state index is 13.1. The van der Waals surface area contributed by atoms with Crippen LogP contribution in [0.1, 0.15) is 36.8 Å². The van der Waals surface area contributed by atoms with E-state index < -0.39 is 0 Å². The van der Waals surface area contributed by atoms with Crippen molar-refractivity contribution in [3.63, 3.8) is 0 Å². The first-order valence-corrected chi connectivity index (χ1v) is 9.27. The average molecular weight is 367 g/mol. The minimum absolute atomic E-state index is 0.0487. The topological polar surface area (TPSA) is 56.1 Å². The number of fused-ring (bicyclic) bond motifs is 1. The molecule has 0 unspecified atom stereocenters. The molecule has 0 spiro atoms. The SMILES string of the molecule is CCOc1ccc(C(=O)N(CC)Cc2cnc3ccccn23)cc1OCC. The zero-order valence-corrected chi connectivity index (χ0v) is 16.0. The summed E-state index contributed by atoms with van der Waals surface area (Å²) in [5.41, 5.74) is 2.42. The first-order chi connectivity index (χ1) is 13.2. The molecule has 142 valence electrons. The Bertz CT molecular complexity index is 920. The molecule has 27 heavy (non-hydrogen) atoms. The number of aromatic nitrogens is 2. The Labute approximate surface area is 159 Å². The molecule has 0 aliphatic rings. The fourth-order valence-electron chi connectivity index (χ4n) is 2.99. The van der Waals surface area contributed by atoms with Gasteiger partial charge in [0.2, 0.25) is 0 Å². The third kappa shape index (κ3) is 4.05. The normalized spacial score (nSPS) is 10.8. The van der Waals surface area contributed by atoms with Crippen LogP contribution in [0.4, 0.5) is 0 Å². The Hall–Kier alpha value is -3.02. The lowest BCUT2D eigenvalue weighted by Gasteiger charge is -2.21. The van der Waals surface area contributed by atoms with Gasteiger partial charge in [-0.15, -0.1) is 0 Å². The summed E-state index contributed by atoms with van der Waals surface area (Å²) < 4.78 is 13.2. The van der Waals surface area contributed by atoms with Crippen molar-refractivity contribution in [2.24, 2.45) is 0 Å². The number of pyridine rings is 1. The second kappa shape index (κ2) is 8.58. The molecule has 0 radical (unpaired) electrons. The molecule has 3 aromatic rings. The summed E-state index contributed by atoms with van der Waals surface area (Å²) in [6.45, 7) is 7.93. The van der Waals surface area contributed by atoms with Gasteiger partial charge in [-0.2, -0.15) is 0 Å². The van der Waals surface area contributed by atoms with Crippen LogP contribution in [0.25, 0.3) is 5.65 Å². The van der Waals surface area contributed by atoms with Gasteiger partial charge < -0.3 is 18.8 Å². The number of carbonyl (C=O) groups is 1. The third-order valence-electron chi connectivity index (χ3n) is 4.31. The van der Waals surface area contributed by atoms with Crippen LogP contribution < -0.4 is 9.47 Å². The van der Waals surface area contributed by atoms with E-state index in [1.54, 1.807) is 23.1 Å². The maximum absolute atomic E-state index is 13.1. The Morgan fingerprint density at radius 3 is 2.59 bits per heavy atom. The summed E-state index contributed by atoms with van der Waals surface area (Å²) in [6, 6.07) is 11.2. The van der Waals surface area contributed by atoms with Crippen LogP contribution in [-0.4, -0.2) is 40.0 Å². The molecule has 1 aromatic carbocycles. The van der Waals surface area contributed by atoms with Crippen LogP contribution in [0.3, 0.4) is 0 Å². The van der Waals surface area contributed by atoms with E-state index in [9.17, 15) is 4.79 Å². The summed E-state index contributed by atoms with van der Waals surface area (Å²) in [7, 11) is 0. The van der Waals surface area contributed by atoms with Crippen molar-refractivity contribution in [2.75, 3.05) is 19.8 Å². The van der Waals surface area contributed by atoms with Crippen LogP contribution in [0.2, 0.25) is 0 Å². The van der Waals surface area contributed by atoms with Gasteiger partial charge >= 0.3 is 0 Å². The van der Waals surface area contributed by atoms with E-state index in [0.29, 0.717) is 43.4 Å². The van der Waals surface area contributed by atoms with E-state index in [0.717, 1.165) is 11.3 Å². The van der Waals surface area contributed by atoms with Gasteiger partial charge in [-0.05, 0) is 51.1 Å². The molecular formula is C21H25N3O3. The summed E-state index contributed by atoms with van der Waals surface area (Å²) in [4.78, 5) is 19.3. The second-order valence-electron chi connectivity index (χ2n) is 6.03. The van der Waals surface area contributed by atoms with Crippen LogP contribution in [-0.2, 0) is 6.54 Å². The minimum atomic E-state index is -0.0487. The van der Waals surface area contributed by atoms with Crippen molar-refractivity contribution in [1.82, 2.24) is 14.3 Å². The van der Waals surface area contributed by atoms with Crippen molar-refractivity contribution in [3.8, 4) is 11.5 Å². The largest absolute Gasteiger partial charge is 0.490 e. The Morgan fingerprint density at radius 1 is 1.07 bits per heavy atom. The number of rotatable bonds is 8. The fraction of sp³-hybridized carbons (Fsp3) is 0.333. The lowest BCUT2D eigenvalue weighted by molar-refractivity contribution is 0.0749. The molecule has 0 fully saturated rings. The van der Waals surface area contributed by atoms with Gasteiger partial charge in [-0.25, -0.2) is 4.98 Å². The minimum Gasteiger partial charge on any atom is -0.490 e. The highest BCUT2D eigenvalue weighted by atomic mass is 16.5. The first kappa shape index (κ1) is 18.8. The highest BCUT2D eigenvalue weighted by Crippen LogP contribution is 2.29. The number of carbonyl (C=O) groups excluding carboxylic acids is 1. The van der Waals surface area contributed by atoms with E-state index in [1.807, 2.05) is 55.8 Å². The van der Waals surface area contributed by atoms with Gasteiger partial charge in [0.1, 0.15) is 5.65 Å². The Kier molecular flexibility index (Phi) is 5.96. The highest BCUT2D eigenvalue weighted by Gasteiger charge is 2.18. The number of hydrogen-bond acceptors (Lipinski definition) is 4. The zero-order valence-electron chi connectivity index (χ0n) is 16.0. The van der Waals surface area contributed by atoms with Crippen molar-refractivity contribution < 1.29 is 14.3 Å². The standard InChI is InChI=1S/C21H25N3O3/c1-4-23(15-17-14-22-20-9-7-8-12-24(17)20)21(25)16-10-11-18(26-5-2)19(13-16)27-6-3/h7-14H,4-6,15H2,1-3H3. The molecule has 2 heterocycles. The van der Waals surface area contributed by atoms with Crippen LogP contribution in [0.15, 0.2) is 48.8 Å². The average Bonchev–Trinajstić information content (AvgIpc) is 3.10. The van der Waals surface area contributed by atoms with Gasteiger partial charge in [0.25, 0.3) is 5.91 Å². The second-order valence-corrected chi connectivity index (χ2v) is 6.03. The molecule has 0 saturated carbocycles. The van der Waals surface area contributed by atoms with Gasteiger partial charge in [-0.3, -0.25) is 4.79 Å². The lowest BCUT2D eigenvalue weighted by Crippen LogP contribution is -2.30. The molecule has 6 heteroatoms. The number of imidazole rings is 1. The molecule has 0 aliphatic carbocycles. The van der Waals surface area contributed by atoms with Crippen molar-refractivity contribution >= 4 is 11.6 Å². The first-order valence-electron chi connectivity index (χ1n) is 9.27. The van der Waals surface area contributed by atoms with Crippen molar-refractivity contribution in [2.45, 2.75) is 27.3 Å². The molecule has 0 N–H and O–H groups in total. The molecule has 6 nitrogen and oxygen atoms in total.